The molecule has 0 saturated carbocycles. The van der Waals surface area contributed by atoms with E-state index in [1.165, 1.54) is 0 Å². The van der Waals surface area contributed by atoms with Crippen LogP contribution < -0.4 is 0 Å². The fraction of sp³-hybridized carbons (Fsp3) is 0.733. The largest absolute Gasteiger partial charge is 0.143 e. The molecule has 0 aliphatic carbocycles. The molecular weight excluding hydrogens is 339 g/mol. The summed E-state index contributed by atoms with van der Waals surface area (Å²) in [6.45, 7) is 16.3. The highest BCUT2D eigenvalue weighted by atomic mass is 127. The molecule has 0 saturated heterocycles. The van der Waals surface area contributed by atoms with Gasteiger partial charge >= 0.3 is 0 Å². The Bertz CT molecular complexity index is 338. The summed E-state index contributed by atoms with van der Waals surface area (Å²) in [6.07, 6.45) is 0. The zero-order valence-electron chi connectivity index (χ0n) is 12.1. The third-order valence-electron chi connectivity index (χ3n) is 3.08. The molecule has 17 heavy (non-hydrogen) atoms. The van der Waals surface area contributed by atoms with Crippen molar-refractivity contribution < 1.29 is 0 Å². The lowest BCUT2D eigenvalue weighted by atomic mass is 9.88. The van der Waals surface area contributed by atoms with Gasteiger partial charge < -0.3 is 0 Å². The SMILES string of the molecule is CC(C)c1sc(C(C)I)c(C(C)C)c1C(C)C. The number of hydrogen-bond donors (Lipinski definition) is 0. The average molecular weight is 364 g/mol. The molecular formula is C15H25IS. The molecule has 0 radical (unpaired) electrons. The number of rotatable bonds is 4. The summed E-state index contributed by atoms with van der Waals surface area (Å²) in [5.74, 6) is 1.94. The molecule has 1 aromatic heterocycles. The van der Waals surface area contributed by atoms with E-state index in [-0.39, 0.29) is 0 Å². The average Bonchev–Trinajstić information content (AvgIpc) is 2.56. The first-order valence-electron chi connectivity index (χ1n) is 6.57. The van der Waals surface area contributed by atoms with Crippen molar-refractivity contribution in [2.24, 2.45) is 0 Å². The molecule has 2 heteroatoms. The van der Waals surface area contributed by atoms with Crippen molar-refractivity contribution in [2.45, 2.75) is 70.1 Å². The highest BCUT2D eigenvalue weighted by Crippen LogP contribution is 2.45. The smallest absolute Gasteiger partial charge is 0.0428 e. The van der Waals surface area contributed by atoms with Crippen molar-refractivity contribution in [3.63, 3.8) is 0 Å². The first-order chi connectivity index (χ1) is 7.77. The quantitative estimate of drug-likeness (QED) is 0.416. The molecule has 0 amide bonds. The minimum atomic E-state index is 0.625. The molecule has 0 spiro atoms. The molecule has 0 N–H and O–H groups in total. The van der Waals surface area contributed by atoms with Crippen LogP contribution in [0.2, 0.25) is 0 Å². The first-order valence-corrected chi connectivity index (χ1v) is 8.63. The van der Waals surface area contributed by atoms with Crippen LogP contribution in [0.1, 0.15) is 91.0 Å². The Balaban J connectivity index is 3.49. The molecule has 1 unspecified atom stereocenters. The predicted molar refractivity (Wildman–Crippen MR) is 89.0 cm³/mol. The molecule has 0 aromatic carbocycles. The zero-order chi connectivity index (χ0) is 13.3. The predicted octanol–water partition coefficient (Wildman–Crippen LogP) is 6.61. The van der Waals surface area contributed by atoms with E-state index in [0.29, 0.717) is 21.7 Å². The molecule has 0 aliphatic heterocycles. The molecule has 1 rings (SSSR count). The minimum absolute atomic E-state index is 0.625. The Morgan fingerprint density at radius 1 is 0.706 bits per heavy atom. The summed E-state index contributed by atoms with van der Waals surface area (Å²) in [5, 5.41) is 0. The fourth-order valence-corrected chi connectivity index (χ4v) is 4.67. The van der Waals surface area contributed by atoms with Gasteiger partial charge in [0.2, 0.25) is 0 Å². The Morgan fingerprint density at radius 2 is 1.12 bits per heavy atom. The second-order valence-corrected chi connectivity index (χ2v) is 8.69. The number of hydrogen-bond acceptors (Lipinski definition) is 1. The summed E-state index contributed by atoms with van der Waals surface area (Å²) >= 11 is 4.61. The summed E-state index contributed by atoms with van der Waals surface area (Å²) in [7, 11) is 0. The van der Waals surface area contributed by atoms with Crippen LogP contribution in [0.3, 0.4) is 0 Å². The van der Waals surface area contributed by atoms with Gasteiger partial charge in [0.05, 0.1) is 0 Å². The summed E-state index contributed by atoms with van der Waals surface area (Å²) in [5.41, 5.74) is 3.27. The van der Waals surface area contributed by atoms with Crippen molar-refractivity contribution in [2.75, 3.05) is 0 Å². The van der Waals surface area contributed by atoms with Crippen LogP contribution in [-0.2, 0) is 0 Å². The van der Waals surface area contributed by atoms with E-state index in [9.17, 15) is 0 Å². The van der Waals surface area contributed by atoms with E-state index < -0.39 is 0 Å². The third-order valence-corrected chi connectivity index (χ3v) is 5.83. The van der Waals surface area contributed by atoms with Crippen molar-refractivity contribution in [3.05, 3.63) is 20.9 Å². The lowest BCUT2D eigenvalue weighted by molar-refractivity contribution is 0.761. The molecule has 1 atom stereocenters. The number of halogens is 1. The normalized spacial score (nSPS) is 14.1. The van der Waals surface area contributed by atoms with Gasteiger partial charge in [-0.3, -0.25) is 0 Å². The summed E-state index contributed by atoms with van der Waals surface area (Å²) < 4.78 is 0.625. The van der Waals surface area contributed by atoms with E-state index in [1.54, 1.807) is 20.9 Å². The lowest BCUT2D eigenvalue weighted by Gasteiger charge is -2.16. The van der Waals surface area contributed by atoms with Crippen LogP contribution in [0.5, 0.6) is 0 Å². The van der Waals surface area contributed by atoms with Gasteiger partial charge in [-0.15, -0.1) is 11.3 Å². The Hall–Kier alpha value is 0.430. The Labute approximate surface area is 124 Å². The third kappa shape index (κ3) is 3.25. The van der Waals surface area contributed by atoms with Crippen molar-refractivity contribution in [1.29, 1.82) is 0 Å². The highest BCUT2D eigenvalue weighted by molar-refractivity contribution is 14.1. The van der Waals surface area contributed by atoms with E-state index in [0.717, 1.165) is 0 Å². The van der Waals surface area contributed by atoms with Crippen LogP contribution in [0.25, 0.3) is 0 Å². The topological polar surface area (TPSA) is 0 Å². The van der Waals surface area contributed by atoms with Crippen LogP contribution in [0.15, 0.2) is 0 Å². The molecule has 1 aromatic rings. The van der Waals surface area contributed by atoms with Gasteiger partial charge in [-0.25, -0.2) is 0 Å². The second kappa shape index (κ2) is 6.05. The van der Waals surface area contributed by atoms with Crippen LogP contribution in [0.4, 0.5) is 0 Å². The molecule has 0 bridgehead atoms. The van der Waals surface area contributed by atoms with Gasteiger partial charge in [0.1, 0.15) is 0 Å². The number of thiophene rings is 1. The van der Waals surface area contributed by atoms with Crippen molar-refractivity contribution >= 4 is 33.9 Å². The molecule has 0 aliphatic rings. The van der Waals surface area contributed by atoms with Gasteiger partial charge in [0.15, 0.2) is 0 Å². The van der Waals surface area contributed by atoms with Crippen LogP contribution in [0, 0.1) is 0 Å². The van der Waals surface area contributed by atoms with E-state index in [1.807, 2.05) is 0 Å². The molecule has 0 fully saturated rings. The van der Waals surface area contributed by atoms with Gasteiger partial charge in [0.25, 0.3) is 0 Å². The van der Waals surface area contributed by atoms with Gasteiger partial charge in [-0.2, -0.15) is 0 Å². The van der Waals surface area contributed by atoms with Crippen molar-refractivity contribution in [3.8, 4) is 0 Å². The summed E-state index contributed by atoms with van der Waals surface area (Å²) in [6, 6.07) is 0. The molecule has 0 nitrogen and oxygen atoms in total. The lowest BCUT2D eigenvalue weighted by Crippen LogP contribution is -2.01. The molecule has 98 valence electrons. The second-order valence-electron chi connectivity index (χ2n) is 5.74. The van der Waals surface area contributed by atoms with Gasteiger partial charge in [0, 0.05) is 13.7 Å². The standard InChI is InChI=1S/C15H25IS/c1-8(2)12-13(9(3)4)15(11(7)16)17-14(12)10(5)6/h8-11H,1-7H3. The molecule has 1 heterocycles. The minimum Gasteiger partial charge on any atom is -0.143 e. The first kappa shape index (κ1) is 15.5. The van der Waals surface area contributed by atoms with E-state index in [2.05, 4.69) is 82.4 Å². The van der Waals surface area contributed by atoms with Gasteiger partial charge in [-0.05, 0) is 35.8 Å². The van der Waals surface area contributed by atoms with E-state index >= 15 is 0 Å². The summed E-state index contributed by atoms with van der Waals surface area (Å²) in [4.78, 5) is 3.22. The monoisotopic (exact) mass is 364 g/mol. The van der Waals surface area contributed by atoms with Crippen LogP contribution >= 0.6 is 33.9 Å². The van der Waals surface area contributed by atoms with Crippen LogP contribution in [-0.4, -0.2) is 0 Å². The zero-order valence-corrected chi connectivity index (χ0v) is 15.1. The highest BCUT2D eigenvalue weighted by Gasteiger charge is 2.25. The number of alkyl halides is 1. The van der Waals surface area contributed by atoms with Gasteiger partial charge in [-0.1, -0.05) is 64.1 Å². The van der Waals surface area contributed by atoms with E-state index in [4.69, 9.17) is 0 Å². The maximum Gasteiger partial charge on any atom is 0.0428 e. The maximum atomic E-state index is 2.55. The fourth-order valence-electron chi connectivity index (χ4n) is 2.41. The maximum absolute atomic E-state index is 2.55. The Kier molecular flexibility index (Phi) is 5.51. The Morgan fingerprint density at radius 3 is 1.41 bits per heavy atom. The van der Waals surface area contributed by atoms with Crippen molar-refractivity contribution in [1.82, 2.24) is 0 Å².